The predicted molar refractivity (Wildman–Crippen MR) is 49.3 cm³/mol. The third-order valence-electron chi connectivity index (χ3n) is 1.65. The van der Waals surface area contributed by atoms with Crippen LogP contribution in [0, 0.1) is 6.92 Å². The standard InChI is InChI=1S/C10H10O4/c1-7-2-4-8(5-3-7)14-9(6-11)10(12)13/h2-6,9H,1H3,(H,12,13). The number of hydrogen-bond donors (Lipinski definition) is 1. The Morgan fingerprint density at radius 1 is 1.43 bits per heavy atom. The average Bonchev–Trinajstić information content (AvgIpc) is 2.16. The molecule has 4 nitrogen and oxygen atoms in total. The summed E-state index contributed by atoms with van der Waals surface area (Å²) >= 11 is 0. The van der Waals surface area contributed by atoms with Crippen molar-refractivity contribution in [3.63, 3.8) is 0 Å². The monoisotopic (exact) mass is 194 g/mol. The van der Waals surface area contributed by atoms with Gasteiger partial charge < -0.3 is 9.84 Å². The Balaban J connectivity index is 2.72. The highest BCUT2D eigenvalue weighted by molar-refractivity contribution is 5.89. The minimum absolute atomic E-state index is 0.252. The molecule has 0 fully saturated rings. The smallest absolute Gasteiger partial charge is 0.352 e. The first-order valence-corrected chi connectivity index (χ1v) is 4.05. The number of aliphatic carboxylic acids is 1. The van der Waals surface area contributed by atoms with Gasteiger partial charge in [0, 0.05) is 0 Å². The Morgan fingerprint density at radius 3 is 2.43 bits per heavy atom. The average molecular weight is 194 g/mol. The van der Waals surface area contributed by atoms with Crippen molar-refractivity contribution in [2.75, 3.05) is 0 Å². The first kappa shape index (κ1) is 10.2. The van der Waals surface area contributed by atoms with Crippen molar-refractivity contribution in [1.29, 1.82) is 0 Å². The zero-order chi connectivity index (χ0) is 10.6. The van der Waals surface area contributed by atoms with Crippen molar-refractivity contribution in [3.05, 3.63) is 29.8 Å². The number of rotatable bonds is 4. The van der Waals surface area contributed by atoms with Gasteiger partial charge in [0.2, 0.25) is 6.10 Å². The van der Waals surface area contributed by atoms with E-state index < -0.39 is 12.1 Å². The molecule has 1 atom stereocenters. The maximum absolute atomic E-state index is 10.4. The van der Waals surface area contributed by atoms with Crippen LogP contribution in [0.15, 0.2) is 24.3 Å². The van der Waals surface area contributed by atoms with Crippen molar-refractivity contribution in [2.45, 2.75) is 13.0 Å². The van der Waals surface area contributed by atoms with Gasteiger partial charge in [0.05, 0.1) is 0 Å². The predicted octanol–water partition coefficient (Wildman–Crippen LogP) is 1.03. The van der Waals surface area contributed by atoms with E-state index in [9.17, 15) is 9.59 Å². The first-order valence-electron chi connectivity index (χ1n) is 4.05. The summed E-state index contributed by atoms with van der Waals surface area (Å²) in [6.07, 6.45) is -1.18. The number of aryl methyl sites for hydroxylation is 1. The van der Waals surface area contributed by atoms with Gasteiger partial charge in [-0.15, -0.1) is 0 Å². The van der Waals surface area contributed by atoms with Gasteiger partial charge in [-0.05, 0) is 19.1 Å². The second-order valence-electron chi connectivity index (χ2n) is 2.83. The van der Waals surface area contributed by atoms with Gasteiger partial charge in [-0.25, -0.2) is 4.79 Å². The lowest BCUT2D eigenvalue weighted by Crippen LogP contribution is -2.28. The second-order valence-corrected chi connectivity index (χ2v) is 2.83. The number of benzene rings is 1. The van der Waals surface area contributed by atoms with Crippen LogP contribution in [0.2, 0.25) is 0 Å². The molecule has 1 N–H and O–H groups in total. The van der Waals surface area contributed by atoms with Gasteiger partial charge in [0.25, 0.3) is 0 Å². The Kier molecular flexibility index (Phi) is 3.23. The first-order chi connectivity index (χ1) is 6.63. The maximum atomic E-state index is 10.4. The van der Waals surface area contributed by atoms with E-state index in [2.05, 4.69) is 0 Å². The Labute approximate surface area is 81.1 Å². The summed E-state index contributed by atoms with van der Waals surface area (Å²) in [4.78, 5) is 20.8. The summed E-state index contributed by atoms with van der Waals surface area (Å²) in [5.74, 6) is -0.921. The summed E-state index contributed by atoms with van der Waals surface area (Å²) in [6, 6.07) is 6.79. The van der Waals surface area contributed by atoms with Crippen LogP contribution < -0.4 is 4.74 Å². The summed E-state index contributed by atoms with van der Waals surface area (Å²) < 4.78 is 4.91. The van der Waals surface area contributed by atoms with Gasteiger partial charge in [-0.3, -0.25) is 4.79 Å². The van der Waals surface area contributed by atoms with E-state index in [0.29, 0.717) is 5.75 Å². The number of aldehydes is 1. The summed E-state index contributed by atoms with van der Waals surface area (Å²) in [6.45, 7) is 1.90. The molecule has 0 radical (unpaired) electrons. The lowest BCUT2D eigenvalue weighted by atomic mass is 10.2. The van der Waals surface area contributed by atoms with Crippen LogP contribution in [0.1, 0.15) is 5.56 Å². The zero-order valence-corrected chi connectivity index (χ0v) is 7.64. The zero-order valence-electron chi connectivity index (χ0n) is 7.64. The van der Waals surface area contributed by atoms with Crippen molar-refractivity contribution >= 4 is 12.3 Å². The van der Waals surface area contributed by atoms with Crippen LogP contribution in [-0.2, 0) is 9.59 Å². The Bertz CT molecular complexity index is 328. The van der Waals surface area contributed by atoms with Gasteiger partial charge in [0.1, 0.15) is 5.75 Å². The highest BCUT2D eigenvalue weighted by atomic mass is 16.5. The highest BCUT2D eigenvalue weighted by Gasteiger charge is 2.17. The Hall–Kier alpha value is -1.84. The Morgan fingerprint density at radius 2 is 2.00 bits per heavy atom. The van der Waals surface area contributed by atoms with Crippen LogP contribution in [0.4, 0.5) is 0 Å². The van der Waals surface area contributed by atoms with Crippen molar-refractivity contribution in [2.24, 2.45) is 0 Å². The number of ether oxygens (including phenoxy) is 1. The van der Waals surface area contributed by atoms with Crippen molar-refractivity contribution in [1.82, 2.24) is 0 Å². The quantitative estimate of drug-likeness (QED) is 0.574. The molecule has 0 saturated heterocycles. The van der Waals surface area contributed by atoms with E-state index >= 15 is 0 Å². The van der Waals surface area contributed by atoms with Crippen LogP contribution in [0.5, 0.6) is 5.75 Å². The number of hydrogen-bond acceptors (Lipinski definition) is 3. The molecule has 1 aromatic rings. The molecule has 4 heteroatoms. The molecule has 1 rings (SSSR count). The molecule has 0 amide bonds. The molecule has 14 heavy (non-hydrogen) atoms. The van der Waals surface area contributed by atoms with Crippen LogP contribution in [-0.4, -0.2) is 23.5 Å². The van der Waals surface area contributed by atoms with Crippen LogP contribution >= 0.6 is 0 Å². The minimum atomic E-state index is -1.43. The molecule has 0 heterocycles. The van der Waals surface area contributed by atoms with Gasteiger partial charge in [-0.2, -0.15) is 0 Å². The number of carbonyl (C=O) groups is 2. The van der Waals surface area contributed by atoms with Gasteiger partial charge in [-0.1, -0.05) is 17.7 Å². The molecule has 74 valence electrons. The SMILES string of the molecule is Cc1ccc(OC(C=O)C(=O)O)cc1. The fourth-order valence-corrected chi connectivity index (χ4v) is 0.900. The lowest BCUT2D eigenvalue weighted by Gasteiger charge is -2.08. The third kappa shape index (κ3) is 2.58. The number of carboxylic acid groups (broad SMARTS) is 1. The van der Waals surface area contributed by atoms with Crippen molar-refractivity contribution < 1.29 is 19.4 Å². The largest absolute Gasteiger partial charge is 0.478 e. The molecule has 0 saturated carbocycles. The number of carboxylic acids is 1. The van der Waals surface area contributed by atoms with Crippen LogP contribution in [0.3, 0.4) is 0 Å². The molecule has 0 bridgehead atoms. The summed E-state index contributed by atoms with van der Waals surface area (Å²) in [5, 5.41) is 8.53. The molecule has 0 aromatic heterocycles. The third-order valence-corrected chi connectivity index (χ3v) is 1.65. The van der Waals surface area contributed by atoms with E-state index in [1.165, 1.54) is 0 Å². The van der Waals surface area contributed by atoms with E-state index in [-0.39, 0.29) is 6.29 Å². The van der Waals surface area contributed by atoms with E-state index in [1.807, 2.05) is 6.92 Å². The maximum Gasteiger partial charge on any atom is 0.352 e. The van der Waals surface area contributed by atoms with Gasteiger partial charge >= 0.3 is 5.97 Å². The molecule has 0 aliphatic rings. The van der Waals surface area contributed by atoms with E-state index in [4.69, 9.17) is 9.84 Å². The molecular weight excluding hydrogens is 184 g/mol. The van der Waals surface area contributed by atoms with Gasteiger partial charge in [0.15, 0.2) is 6.29 Å². The van der Waals surface area contributed by atoms with E-state index in [0.717, 1.165) is 5.56 Å². The fraction of sp³-hybridized carbons (Fsp3) is 0.200. The molecule has 1 unspecified atom stereocenters. The van der Waals surface area contributed by atoms with Crippen molar-refractivity contribution in [3.8, 4) is 5.75 Å². The van der Waals surface area contributed by atoms with E-state index in [1.54, 1.807) is 24.3 Å². The lowest BCUT2D eigenvalue weighted by molar-refractivity contribution is -0.147. The van der Waals surface area contributed by atoms with Crippen LogP contribution in [0.25, 0.3) is 0 Å². The minimum Gasteiger partial charge on any atom is -0.478 e. The highest BCUT2D eigenvalue weighted by Crippen LogP contribution is 2.12. The molecule has 0 aliphatic carbocycles. The molecular formula is C10H10O4. The molecule has 0 spiro atoms. The second kappa shape index (κ2) is 4.41. The summed E-state index contributed by atoms with van der Waals surface area (Å²) in [5.41, 5.74) is 1.04. The molecule has 0 aliphatic heterocycles. The summed E-state index contributed by atoms with van der Waals surface area (Å²) in [7, 11) is 0. The topological polar surface area (TPSA) is 63.6 Å². The molecule has 1 aromatic carbocycles. The number of carbonyl (C=O) groups excluding carboxylic acids is 1. The normalized spacial score (nSPS) is 11.8. The fourth-order valence-electron chi connectivity index (χ4n) is 0.900.